The summed E-state index contributed by atoms with van der Waals surface area (Å²) >= 11 is 0. The number of furan rings is 1. The molecule has 0 unspecified atom stereocenters. The first-order chi connectivity index (χ1) is 30.3. The molecule has 0 bridgehead atoms. The fraction of sp³-hybridized carbons (Fsp3) is 0. The molecular weight excluding hydrogens is 741 g/mol. The van der Waals surface area contributed by atoms with Crippen LogP contribution in [0, 0.1) is 0 Å². The summed E-state index contributed by atoms with van der Waals surface area (Å²) in [6, 6.07) is 83.0. The molecule has 0 N–H and O–H groups in total. The molecule has 3 nitrogen and oxygen atoms in total. The van der Waals surface area contributed by atoms with Crippen molar-refractivity contribution in [2.24, 2.45) is 0 Å². The van der Waals surface area contributed by atoms with Gasteiger partial charge in [0.15, 0.2) is 0 Å². The van der Waals surface area contributed by atoms with Crippen molar-refractivity contribution in [1.29, 1.82) is 0 Å². The molecule has 286 valence electrons. The number of hydrogen-bond acceptors (Lipinski definition) is 2. The SMILES string of the molecule is c1cc(-c2ccc(N(c3ccccc3-c3ccccc3-n3c4ccccc4c4ccccc43)c3cccc4ccccc34)cc2)cc(-c2cccc3c2oc2ccccc23)c1. The van der Waals surface area contributed by atoms with Crippen molar-refractivity contribution in [2.75, 3.05) is 4.90 Å². The van der Waals surface area contributed by atoms with Gasteiger partial charge in [-0.15, -0.1) is 0 Å². The minimum Gasteiger partial charge on any atom is -0.455 e. The van der Waals surface area contributed by atoms with Gasteiger partial charge >= 0.3 is 0 Å². The summed E-state index contributed by atoms with van der Waals surface area (Å²) in [5.41, 5.74) is 15.4. The van der Waals surface area contributed by atoms with E-state index in [-0.39, 0.29) is 0 Å². The van der Waals surface area contributed by atoms with E-state index in [1.807, 2.05) is 12.1 Å². The molecule has 3 heteroatoms. The molecule has 2 heterocycles. The van der Waals surface area contributed by atoms with Gasteiger partial charge in [0.2, 0.25) is 0 Å². The third-order valence-electron chi connectivity index (χ3n) is 12.2. The van der Waals surface area contributed by atoms with Gasteiger partial charge in [0.25, 0.3) is 0 Å². The van der Waals surface area contributed by atoms with E-state index in [1.54, 1.807) is 0 Å². The molecule has 0 aliphatic rings. The Hall–Kier alpha value is -8.14. The van der Waals surface area contributed by atoms with Gasteiger partial charge in [0.1, 0.15) is 11.2 Å². The Bertz CT molecular complexity index is 3550. The van der Waals surface area contributed by atoms with E-state index in [0.29, 0.717) is 0 Å². The van der Waals surface area contributed by atoms with E-state index >= 15 is 0 Å². The lowest BCUT2D eigenvalue weighted by Gasteiger charge is -2.29. The molecule has 0 fully saturated rings. The van der Waals surface area contributed by atoms with Crippen LogP contribution in [0.5, 0.6) is 0 Å². The molecule has 0 saturated heterocycles. The van der Waals surface area contributed by atoms with Gasteiger partial charge in [-0.2, -0.15) is 0 Å². The standard InChI is InChI=1S/C58H38N2O/c1-2-20-44-40(16-1)17-14-32-52(44)59(43-36-34-39(35-37-43)41-18-13-19-42(38-41)45-26-15-27-51-50-25-7-12-33-57(50)61-58(45)51)53-28-8-3-21-46(53)47-22-4-9-29-54(47)60-55-30-10-5-23-48(55)49-24-6-11-31-56(49)60/h1-38H. The number of hydrogen-bond donors (Lipinski definition) is 0. The number of para-hydroxylation sites is 6. The van der Waals surface area contributed by atoms with E-state index in [2.05, 4.69) is 228 Å². The predicted molar refractivity (Wildman–Crippen MR) is 257 cm³/mol. The lowest BCUT2D eigenvalue weighted by molar-refractivity contribution is 0.670. The largest absolute Gasteiger partial charge is 0.455 e. The zero-order chi connectivity index (χ0) is 40.3. The number of benzene rings is 10. The van der Waals surface area contributed by atoms with E-state index in [1.165, 1.54) is 32.6 Å². The Morgan fingerprint density at radius 3 is 1.72 bits per heavy atom. The summed E-state index contributed by atoms with van der Waals surface area (Å²) < 4.78 is 8.87. The lowest BCUT2D eigenvalue weighted by Crippen LogP contribution is -2.12. The van der Waals surface area contributed by atoms with Crippen LogP contribution < -0.4 is 4.90 Å². The van der Waals surface area contributed by atoms with Crippen molar-refractivity contribution >= 4 is 71.6 Å². The Morgan fingerprint density at radius 2 is 0.902 bits per heavy atom. The van der Waals surface area contributed by atoms with E-state index in [0.717, 1.165) is 78.1 Å². The van der Waals surface area contributed by atoms with Crippen molar-refractivity contribution < 1.29 is 4.42 Å². The molecule has 0 atom stereocenters. The highest BCUT2D eigenvalue weighted by atomic mass is 16.3. The van der Waals surface area contributed by atoms with Gasteiger partial charge in [0.05, 0.1) is 28.1 Å². The van der Waals surface area contributed by atoms with E-state index < -0.39 is 0 Å². The number of fused-ring (bicyclic) bond motifs is 7. The molecule has 10 aromatic carbocycles. The molecule has 0 aliphatic carbocycles. The summed E-state index contributed by atoms with van der Waals surface area (Å²) in [5.74, 6) is 0. The second kappa shape index (κ2) is 14.3. The van der Waals surface area contributed by atoms with Gasteiger partial charge in [-0.3, -0.25) is 0 Å². The minimum absolute atomic E-state index is 0.907. The maximum Gasteiger partial charge on any atom is 0.143 e. The third kappa shape index (κ3) is 5.74. The van der Waals surface area contributed by atoms with Crippen molar-refractivity contribution in [3.8, 4) is 39.1 Å². The molecule has 12 aromatic rings. The van der Waals surface area contributed by atoms with Gasteiger partial charge < -0.3 is 13.9 Å². The summed E-state index contributed by atoms with van der Waals surface area (Å²) in [7, 11) is 0. The van der Waals surface area contributed by atoms with Crippen LogP contribution in [-0.2, 0) is 0 Å². The molecule has 0 radical (unpaired) electrons. The smallest absolute Gasteiger partial charge is 0.143 e. The summed E-state index contributed by atoms with van der Waals surface area (Å²) in [5, 5.41) is 7.15. The van der Waals surface area contributed by atoms with Crippen molar-refractivity contribution in [3.63, 3.8) is 0 Å². The Morgan fingerprint density at radius 1 is 0.344 bits per heavy atom. The highest BCUT2D eigenvalue weighted by molar-refractivity contribution is 6.11. The van der Waals surface area contributed by atoms with E-state index in [4.69, 9.17) is 4.42 Å². The fourth-order valence-electron chi connectivity index (χ4n) is 9.43. The summed E-state index contributed by atoms with van der Waals surface area (Å²) in [6.07, 6.45) is 0. The van der Waals surface area contributed by atoms with Crippen LogP contribution in [0.15, 0.2) is 235 Å². The monoisotopic (exact) mass is 778 g/mol. The third-order valence-corrected chi connectivity index (χ3v) is 12.2. The van der Waals surface area contributed by atoms with Crippen LogP contribution in [0.2, 0.25) is 0 Å². The Kier molecular flexibility index (Phi) is 8.17. The molecule has 0 saturated carbocycles. The summed E-state index contributed by atoms with van der Waals surface area (Å²) in [4.78, 5) is 2.43. The van der Waals surface area contributed by atoms with Crippen LogP contribution in [-0.4, -0.2) is 4.57 Å². The number of aromatic nitrogens is 1. The van der Waals surface area contributed by atoms with Crippen molar-refractivity contribution in [3.05, 3.63) is 231 Å². The fourth-order valence-corrected chi connectivity index (χ4v) is 9.43. The molecular formula is C58H38N2O. The van der Waals surface area contributed by atoms with Crippen LogP contribution in [0.3, 0.4) is 0 Å². The topological polar surface area (TPSA) is 21.3 Å². The summed E-state index contributed by atoms with van der Waals surface area (Å²) in [6.45, 7) is 0. The minimum atomic E-state index is 0.907. The molecule has 0 aliphatic heterocycles. The van der Waals surface area contributed by atoms with Crippen LogP contribution in [0.1, 0.15) is 0 Å². The zero-order valence-corrected chi connectivity index (χ0v) is 33.2. The quantitative estimate of drug-likeness (QED) is 0.161. The van der Waals surface area contributed by atoms with Crippen LogP contribution >= 0.6 is 0 Å². The molecule has 0 amide bonds. The first-order valence-corrected chi connectivity index (χ1v) is 20.8. The number of rotatable bonds is 7. The molecule has 0 spiro atoms. The number of nitrogens with zero attached hydrogens (tertiary/aromatic N) is 2. The Balaban J connectivity index is 1.01. The van der Waals surface area contributed by atoms with Gasteiger partial charge in [-0.1, -0.05) is 176 Å². The molecule has 61 heavy (non-hydrogen) atoms. The second-order valence-electron chi connectivity index (χ2n) is 15.6. The molecule has 2 aromatic heterocycles. The zero-order valence-electron chi connectivity index (χ0n) is 33.2. The van der Waals surface area contributed by atoms with Gasteiger partial charge in [-0.25, -0.2) is 0 Å². The maximum absolute atomic E-state index is 6.44. The normalized spacial score (nSPS) is 11.6. The van der Waals surface area contributed by atoms with Crippen molar-refractivity contribution in [1.82, 2.24) is 4.57 Å². The van der Waals surface area contributed by atoms with E-state index in [9.17, 15) is 0 Å². The highest BCUT2D eigenvalue weighted by Gasteiger charge is 2.22. The second-order valence-corrected chi connectivity index (χ2v) is 15.6. The van der Waals surface area contributed by atoms with Gasteiger partial charge in [0, 0.05) is 49.3 Å². The van der Waals surface area contributed by atoms with Crippen molar-refractivity contribution in [2.45, 2.75) is 0 Å². The Labute approximate surface area is 353 Å². The first-order valence-electron chi connectivity index (χ1n) is 20.8. The van der Waals surface area contributed by atoms with Gasteiger partial charge in [-0.05, 0) is 76.7 Å². The first kappa shape index (κ1) is 34.9. The highest BCUT2D eigenvalue weighted by Crippen LogP contribution is 2.46. The average molecular weight is 779 g/mol. The van der Waals surface area contributed by atoms with Crippen LogP contribution in [0.25, 0.3) is 93.6 Å². The number of anilines is 3. The average Bonchev–Trinajstić information content (AvgIpc) is 3.88. The molecule has 12 rings (SSSR count). The maximum atomic E-state index is 6.44. The van der Waals surface area contributed by atoms with Crippen LogP contribution in [0.4, 0.5) is 17.1 Å². The predicted octanol–water partition coefficient (Wildman–Crippen LogP) is 16.3. The lowest BCUT2D eigenvalue weighted by atomic mass is 9.97.